The third kappa shape index (κ3) is 3.69. The molecule has 6 nitrogen and oxygen atoms in total. The zero-order chi connectivity index (χ0) is 18.7. The minimum atomic E-state index is -0.437. The van der Waals surface area contributed by atoms with E-state index in [0.29, 0.717) is 34.3 Å². The molecule has 0 atom stereocenters. The number of Topliss-reactive ketones (excluding diaryl/α,β-unsaturated/α-hetero) is 1. The van der Waals surface area contributed by atoms with Crippen molar-refractivity contribution < 1.29 is 28.5 Å². The van der Waals surface area contributed by atoms with Crippen LogP contribution in [0.5, 0.6) is 23.0 Å². The van der Waals surface area contributed by atoms with Gasteiger partial charge in [0.15, 0.2) is 17.3 Å². The highest BCUT2D eigenvalue weighted by atomic mass is 16.5. The van der Waals surface area contributed by atoms with Crippen molar-refractivity contribution in [2.45, 2.75) is 13.3 Å². The molecule has 1 aliphatic rings. The zero-order valence-corrected chi connectivity index (χ0v) is 14.7. The number of rotatable bonds is 4. The highest BCUT2D eigenvalue weighted by molar-refractivity contribution is 6.02. The molecule has 0 amide bonds. The summed E-state index contributed by atoms with van der Waals surface area (Å²) in [6.45, 7) is 1.31. The number of carbonyl (C=O) groups is 2. The summed E-state index contributed by atoms with van der Waals surface area (Å²) in [6, 6.07) is 10.1. The lowest BCUT2D eigenvalue weighted by molar-refractivity contribution is -0.131. The molecule has 0 N–H and O–H groups in total. The average molecular weight is 354 g/mol. The fourth-order valence-electron chi connectivity index (χ4n) is 2.69. The molecule has 1 aliphatic heterocycles. The fourth-order valence-corrected chi connectivity index (χ4v) is 2.69. The van der Waals surface area contributed by atoms with Crippen molar-refractivity contribution in [1.82, 2.24) is 0 Å². The Bertz CT molecular complexity index is 897. The number of hydrogen-bond acceptors (Lipinski definition) is 6. The van der Waals surface area contributed by atoms with Gasteiger partial charge in [0.25, 0.3) is 0 Å². The Morgan fingerprint density at radius 2 is 1.85 bits per heavy atom. The molecule has 3 rings (SSSR count). The molecule has 134 valence electrons. The van der Waals surface area contributed by atoms with Crippen LogP contribution in [0, 0.1) is 0 Å². The Labute approximate surface area is 150 Å². The first kappa shape index (κ1) is 17.5. The fraction of sp³-hybridized carbons (Fsp3) is 0.200. The third-order valence-electron chi connectivity index (χ3n) is 3.83. The normalized spacial score (nSPS) is 14.4. The largest absolute Gasteiger partial charge is 0.493 e. The Hall–Kier alpha value is -3.28. The van der Waals surface area contributed by atoms with Crippen LogP contribution in [0.1, 0.15) is 29.3 Å². The molecule has 2 aromatic carbocycles. The minimum Gasteiger partial charge on any atom is -0.493 e. The lowest BCUT2D eigenvalue weighted by Gasteiger charge is -2.19. The van der Waals surface area contributed by atoms with Gasteiger partial charge in [-0.25, -0.2) is 0 Å². The molecular weight excluding hydrogens is 336 g/mol. The maximum atomic E-state index is 12.4. The number of allylic oxidation sites excluding steroid dienone is 1. The topological polar surface area (TPSA) is 71.1 Å². The Morgan fingerprint density at radius 3 is 2.54 bits per heavy atom. The van der Waals surface area contributed by atoms with Crippen LogP contribution < -0.4 is 18.9 Å². The molecule has 1 heterocycles. The summed E-state index contributed by atoms with van der Waals surface area (Å²) in [5, 5.41) is 0. The van der Waals surface area contributed by atoms with Crippen molar-refractivity contribution in [2.24, 2.45) is 0 Å². The first-order chi connectivity index (χ1) is 12.5. The van der Waals surface area contributed by atoms with Crippen LogP contribution in [0.2, 0.25) is 0 Å². The first-order valence-electron chi connectivity index (χ1n) is 7.96. The van der Waals surface area contributed by atoms with Gasteiger partial charge in [-0.2, -0.15) is 0 Å². The molecule has 0 saturated carbocycles. The maximum absolute atomic E-state index is 12.4. The minimum absolute atomic E-state index is 0.0626. The van der Waals surface area contributed by atoms with Gasteiger partial charge in [-0.3, -0.25) is 9.59 Å². The second-order valence-corrected chi connectivity index (χ2v) is 5.68. The number of benzene rings is 2. The van der Waals surface area contributed by atoms with Crippen molar-refractivity contribution in [2.75, 3.05) is 14.2 Å². The summed E-state index contributed by atoms with van der Waals surface area (Å²) < 4.78 is 21.4. The van der Waals surface area contributed by atoms with E-state index in [0.717, 1.165) is 5.56 Å². The Morgan fingerprint density at radius 1 is 1.08 bits per heavy atom. The molecule has 0 radical (unpaired) electrons. The van der Waals surface area contributed by atoms with Crippen LogP contribution in [0.3, 0.4) is 0 Å². The van der Waals surface area contributed by atoms with Gasteiger partial charge in [-0.15, -0.1) is 0 Å². The van der Waals surface area contributed by atoms with Gasteiger partial charge in [0.05, 0.1) is 26.2 Å². The number of esters is 1. The second kappa shape index (κ2) is 7.31. The predicted octanol–water partition coefficient (Wildman–Crippen LogP) is 3.64. The lowest BCUT2D eigenvalue weighted by Crippen LogP contribution is -2.14. The van der Waals surface area contributed by atoms with Crippen molar-refractivity contribution in [3.63, 3.8) is 0 Å². The molecule has 0 fully saturated rings. The Balaban J connectivity index is 1.91. The summed E-state index contributed by atoms with van der Waals surface area (Å²) in [5.41, 5.74) is 1.27. The summed E-state index contributed by atoms with van der Waals surface area (Å²) in [4.78, 5) is 23.5. The average Bonchev–Trinajstić information content (AvgIpc) is 2.60. The van der Waals surface area contributed by atoms with Crippen molar-refractivity contribution in [3.8, 4) is 23.0 Å². The maximum Gasteiger partial charge on any atom is 0.308 e. The van der Waals surface area contributed by atoms with E-state index in [2.05, 4.69) is 0 Å². The van der Waals surface area contributed by atoms with Crippen LogP contribution in [-0.2, 0) is 4.79 Å². The molecule has 0 saturated heterocycles. The lowest BCUT2D eigenvalue weighted by atomic mass is 10.0. The quantitative estimate of drug-likeness (QED) is 0.617. The number of fused-ring (bicyclic) bond motifs is 1. The van der Waals surface area contributed by atoms with E-state index in [1.54, 1.807) is 44.6 Å². The Kier molecular flexibility index (Phi) is 4.93. The van der Waals surface area contributed by atoms with Crippen LogP contribution >= 0.6 is 0 Å². The molecule has 6 heteroatoms. The van der Waals surface area contributed by atoms with Crippen LogP contribution in [0.25, 0.3) is 6.08 Å². The number of carbonyl (C=O) groups excluding carboxylic acids is 2. The summed E-state index contributed by atoms with van der Waals surface area (Å²) in [7, 11) is 3.12. The molecule has 0 spiro atoms. The van der Waals surface area contributed by atoms with Crippen LogP contribution in [0.4, 0.5) is 0 Å². The van der Waals surface area contributed by atoms with Crippen LogP contribution in [-0.4, -0.2) is 26.0 Å². The number of hydrogen-bond donors (Lipinski definition) is 0. The molecule has 26 heavy (non-hydrogen) atoms. The summed E-state index contributed by atoms with van der Waals surface area (Å²) in [5.74, 6) is 1.89. The third-order valence-corrected chi connectivity index (χ3v) is 3.83. The SMILES string of the molecule is COc1ccc(/C=C2/CC(=O)c3ccc(OC(C)=O)cc3O2)cc1OC. The van der Waals surface area contributed by atoms with E-state index in [1.165, 1.54) is 13.0 Å². The van der Waals surface area contributed by atoms with Gasteiger partial charge in [0, 0.05) is 13.0 Å². The monoisotopic (exact) mass is 354 g/mol. The molecule has 0 aliphatic carbocycles. The van der Waals surface area contributed by atoms with E-state index >= 15 is 0 Å². The van der Waals surface area contributed by atoms with E-state index in [4.69, 9.17) is 18.9 Å². The van der Waals surface area contributed by atoms with Gasteiger partial charge in [-0.05, 0) is 35.9 Å². The zero-order valence-electron chi connectivity index (χ0n) is 14.7. The van der Waals surface area contributed by atoms with E-state index < -0.39 is 5.97 Å². The molecule has 0 unspecified atom stereocenters. The van der Waals surface area contributed by atoms with Gasteiger partial charge >= 0.3 is 5.97 Å². The molecule has 2 aromatic rings. The van der Waals surface area contributed by atoms with Crippen LogP contribution in [0.15, 0.2) is 42.2 Å². The van der Waals surface area contributed by atoms with E-state index in [1.807, 2.05) is 6.07 Å². The summed E-state index contributed by atoms with van der Waals surface area (Å²) in [6.07, 6.45) is 1.91. The highest BCUT2D eigenvalue weighted by Gasteiger charge is 2.23. The van der Waals surface area contributed by atoms with Crippen molar-refractivity contribution in [1.29, 1.82) is 0 Å². The standard InChI is InChI=1S/C20H18O6/c1-12(21)25-14-5-6-16-17(22)10-15(26-19(16)11-14)8-13-4-7-18(23-2)20(9-13)24-3/h4-9,11H,10H2,1-3H3/b15-8-. The smallest absolute Gasteiger partial charge is 0.308 e. The first-order valence-corrected chi connectivity index (χ1v) is 7.96. The summed E-state index contributed by atoms with van der Waals surface area (Å²) >= 11 is 0. The predicted molar refractivity (Wildman–Crippen MR) is 94.8 cm³/mol. The van der Waals surface area contributed by atoms with Crippen molar-refractivity contribution in [3.05, 3.63) is 53.3 Å². The number of ether oxygens (including phenoxy) is 4. The molecular formula is C20H18O6. The number of ketones is 1. The van der Waals surface area contributed by atoms with Gasteiger partial charge < -0.3 is 18.9 Å². The number of methoxy groups -OCH3 is 2. The van der Waals surface area contributed by atoms with E-state index in [9.17, 15) is 9.59 Å². The van der Waals surface area contributed by atoms with Crippen molar-refractivity contribution >= 4 is 17.8 Å². The van der Waals surface area contributed by atoms with Gasteiger partial charge in [0.1, 0.15) is 17.3 Å². The molecule has 0 bridgehead atoms. The molecule has 0 aromatic heterocycles. The van der Waals surface area contributed by atoms with Gasteiger partial charge in [-0.1, -0.05) is 6.07 Å². The highest BCUT2D eigenvalue weighted by Crippen LogP contribution is 2.34. The van der Waals surface area contributed by atoms with Gasteiger partial charge in [0.2, 0.25) is 0 Å². The second-order valence-electron chi connectivity index (χ2n) is 5.68. The van der Waals surface area contributed by atoms with E-state index in [-0.39, 0.29) is 12.2 Å².